The summed E-state index contributed by atoms with van der Waals surface area (Å²) in [5.74, 6) is 2.91. The number of aliphatic hydroxyl groups excluding tert-OH is 2. The normalized spacial score (nSPS) is 51.7. The van der Waals surface area contributed by atoms with Crippen molar-refractivity contribution in [1.82, 2.24) is 0 Å². The lowest BCUT2D eigenvalue weighted by Crippen LogP contribution is -2.59. The second-order valence-electron chi connectivity index (χ2n) is 11.3. The summed E-state index contributed by atoms with van der Waals surface area (Å²) in [6.45, 7) is 7.10. The summed E-state index contributed by atoms with van der Waals surface area (Å²) in [4.78, 5) is 11.1. The molecule has 0 aliphatic heterocycles. The van der Waals surface area contributed by atoms with Crippen LogP contribution in [0.2, 0.25) is 0 Å². The molecule has 4 aliphatic rings. The SMILES string of the molecule is C[C@H](CCC(=O)O)[C@H]1CC[C@H]2[C@@H]3CC[C@@H]4C[C@H](O)C[C@H](O)[C@]4(C)[C@H]3CC[C@]12C. The number of aliphatic hydroxyl groups is 2. The molecule has 0 amide bonds. The largest absolute Gasteiger partial charge is 0.481 e. The zero-order chi connectivity index (χ0) is 20.3. The van der Waals surface area contributed by atoms with E-state index in [0.717, 1.165) is 25.2 Å². The Kier molecular flexibility index (Phi) is 5.36. The van der Waals surface area contributed by atoms with Crippen molar-refractivity contribution in [2.24, 2.45) is 46.3 Å². The first kappa shape index (κ1) is 20.7. The van der Waals surface area contributed by atoms with Crippen LogP contribution < -0.4 is 0 Å². The number of aliphatic carboxylic acids is 1. The van der Waals surface area contributed by atoms with Gasteiger partial charge in [0.15, 0.2) is 0 Å². The third-order valence-electron chi connectivity index (χ3n) is 10.3. The quantitative estimate of drug-likeness (QED) is 0.659. The molecule has 4 saturated carbocycles. The fourth-order valence-electron chi connectivity index (χ4n) is 8.82. The Hall–Kier alpha value is -0.610. The van der Waals surface area contributed by atoms with E-state index in [1.165, 1.54) is 32.1 Å². The third kappa shape index (κ3) is 3.05. The van der Waals surface area contributed by atoms with Gasteiger partial charge in [0.25, 0.3) is 0 Å². The van der Waals surface area contributed by atoms with Gasteiger partial charge < -0.3 is 15.3 Å². The van der Waals surface area contributed by atoms with Crippen LogP contribution >= 0.6 is 0 Å². The van der Waals surface area contributed by atoms with Gasteiger partial charge in [-0.3, -0.25) is 4.79 Å². The summed E-state index contributed by atoms with van der Waals surface area (Å²) < 4.78 is 0. The van der Waals surface area contributed by atoms with Crippen molar-refractivity contribution >= 4 is 5.97 Å². The molecule has 0 saturated heterocycles. The highest BCUT2D eigenvalue weighted by Gasteiger charge is 2.62. The lowest BCUT2D eigenvalue weighted by atomic mass is 9.43. The minimum absolute atomic E-state index is 0.0313. The number of hydrogen-bond acceptors (Lipinski definition) is 3. The molecule has 0 aromatic rings. The van der Waals surface area contributed by atoms with Crippen LogP contribution in [-0.4, -0.2) is 33.5 Å². The molecule has 3 N–H and O–H groups in total. The maximum absolute atomic E-state index is 11.1. The van der Waals surface area contributed by atoms with E-state index in [9.17, 15) is 15.0 Å². The minimum Gasteiger partial charge on any atom is -0.481 e. The number of carboxylic acids is 1. The van der Waals surface area contributed by atoms with Gasteiger partial charge in [-0.15, -0.1) is 0 Å². The van der Waals surface area contributed by atoms with Gasteiger partial charge in [0.05, 0.1) is 12.2 Å². The first-order chi connectivity index (χ1) is 13.2. The Morgan fingerprint density at radius 2 is 1.79 bits per heavy atom. The Morgan fingerprint density at radius 1 is 1.04 bits per heavy atom. The molecule has 0 bridgehead atoms. The maximum Gasteiger partial charge on any atom is 0.303 e. The van der Waals surface area contributed by atoms with E-state index in [0.29, 0.717) is 47.8 Å². The first-order valence-corrected chi connectivity index (χ1v) is 11.8. The van der Waals surface area contributed by atoms with E-state index < -0.39 is 5.97 Å². The van der Waals surface area contributed by atoms with Gasteiger partial charge in [0.2, 0.25) is 0 Å². The van der Waals surface area contributed by atoms with E-state index in [1.54, 1.807) is 0 Å². The first-order valence-electron chi connectivity index (χ1n) is 11.8. The molecule has 0 aromatic heterocycles. The summed E-state index contributed by atoms with van der Waals surface area (Å²) in [7, 11) is 0. The number of hydrogen-bond donors (Lipinski definition) is 3. The highest BCUT2D eigenvalue weighted by Crippen LogP contribution is 2.68. The molecule has 0 radical (unpaired) electrons. The second-order valence-corrected chi connectivity index (χ2v) is 11.3. The standard InChI is InChI=1S/C24H40O4/c1-14(4-9-22(27)28)18-7-8-19-17-6-5-15-12-16(25)13-21(26)24(15,3)20(17)10-11-23(18,19)2/h14-21,25-26H,4-13H2,1-3H3,(H,27,28)/t14-,15-,16+,17+,18-,19+,20+,21+,23-,24+/m1/s1. The molecule has 0 spiro atoms. The summed E-state index contributed by atoms with van der Waals surface area (Å²) in [6, 6.07) is 0. The molecule has 10 atom stereocenters. The summed E-state index contributed by atoms with van der Waals surface area (Å²) in [5, 5.41) is 30.3. The average Bonchev–Trinajstić information content (AvgIpc) is 2.98. The van der Waals surface area contributed by atoms with E-state index in [-0.39, 0.29) is 17.6 Å². The number of carboxylic acid groups (broad SMARTS) is 1. The van der Waals surface area contributed by atoms with Crippen LogP contribution in [0.4, 0.5) is 0 Å². The van der Waals surface area contributed by atoms with Crippen LogP contribution in [0.15, 0.2) is 0 Å². The number of carbonyl (C=O) groups is 1. The third-order valence-corrected chi connectivity index (χ3v) is 10.3. The molecule has 4 rings (SSSR count). The molecule has 160 valence electrons. The van der Waals surface area contributed by atoms with Crippen molar-refractivity contribution in [3.63, 3.8) is 0 Å². The molecule has 0 heterocycles. The zero-order valence-corrected chi connectivity index (χ0v) is 17.9. The minimum atomic E-state index is -0.671. The van der Waals surface area contributed by atoms with Crippen LogP contribution in [0.5, 0.6) is 0 Å². The predicted octanol–water partition coefficient (Wildman–Crippen LogP) is 4.48. The smallest absolute Gasteiger partial charge is 0.303 e. The molecule has 4 nitrogen and oxygen atoms in total. The molecule has 4 fully saturated rings. The van der Waals surface area contributed by atoms with Crippen LogP contribution in [0, 0.1) is 46.3 Å². The molecule has 4 heteroatoms. The van der Waals surface area contributed by atoms with Gasteiger partial charge in [-0.1, -0.05) is 20.8 Å². The van der Waals surface area contributed by atoms with Gasteiger partial charge in [-0.05, 0) is 104 Å². The van der Waals surface area contributed by atoms with Gasteiger partial charge in [0, 0.05) is 6.42 Å². The van der Waals surface area contributed by atoms with E-state index >= 15 is 0 Å². The van der Waals surface area contributed by atoms with Crippen molar-refractivity contribution in [2.75, 3.05) is 0 Å². The molecule has 0 aromatic carbocycles. The summed E-state index contributed by atoms with van der Waals surface area (Å²) in [6.07, 6.45) is 9.14. The summed E-state index contributed by atoms with van der Waals surface area (Å²) >= 11 is 0. The Morgan fingerprint density at radius 3 is 2.50 bits per heavy atom. The van der Waals surface area contributed by atoms with Gasteiger partial charge in [-0.25, -0.2) is 0 Å². The second kappa shape index (κ2) is 7.27. The highest BCUT2D eigenvalue weighted by molar-refractivity contribution is 5.66. The van der Waals surface area contributed by atoms with Crippen LogP contribution in [-0.2, 0) is 4.79 Å². The van der Waals surface area contributed by atoms with Crippen LogP contribution in [0.1, 0.15) is 85.0 Å². The fraction of sp³-hybridized carbons (Fsp3) is 0.958. The molecule has 28 heavy (non-hydrogen) atoms. The lowest BCUT2D eigenvalue weighted by molar-refractivity contribution is -0.182. The lowest BCUT2D eigenvalue weighted by Gasteiger charge is -2.62. The van der Waals surface area contributed by atoms with Crippen LogP contribution in [0.25, 0.3) is 0 Å². The van der Waals surface area contributed by atoms with Crippen molar-refractivity contribution in [1.29, 1.82) is 0 Å². The van der Waals surface area contributed by atoms with E-state index in [1.807, 2.05) is 0 Å². The zero-order valence-electron chi connectivity index (χ0n) is 17.9. The molecule has 0 unspecified atom stereocenters. The topological polar surface area (TPSA) is 77.8 Å². The highest BCUT2D eigenvalue weighted by atomic mass is 16.4. The fourth-order valence-corrected chi connectivity index (χ4v) is 8.82. The Bertz CT molecular complexity index is 605. The van der Waals surface area contributed by atoms with Crippen molar-refractivity contribution in [3.8, 4) is 0 Å². The van der Waals surface area contributed by atoms with Crippen molar-refractivity contribution < 1.29 is 20.1 Å². The maximum atomic E-state index is 11.1. The molecular weight excluding hydrogens is 352 g/mol. The Labute approximate surface area is 170 Å². The predicted molar refractivity (Wildman–Crippen MR) is 109 cm³/mol. The van der Waals surface area contributed by atoms with Crippen molar-refractivity contribution in [3.05, 3.63) is 0 Å². The molecule has 4 aliphatic carbocycles. The van der Waals surface area contributed by atoms with Crippen molar-refractivity contribution in [2.45, 2.75) is 97.2 Å². The van der Waals surface area contributed by atoms with E-state index in [2.05, 4.69) is 20.8 Å². The number of rotatable bonds is 4. The van der Waals surface area contributed by atoms with Gasteiger partial charge in [0.1, 0.15) is 0 Å². The average molecular weight is 393 g/mol. The summed E-state index contributed by atoms with van der Waals surface area (Å²) in [5.41, 5.74) is 0.303. The molecular formula is C24H40O4. The Balaban J connectivity index is 1.54. The number of fused-ring (bicyclic) bond motifs is 5. The van der Waals surface area contributed by atoms with Gasteiger partial charge >= 0.3 is 5.97 Å². The van der Waals surface area contributed by atoms with E-state index in [4.69, 9.17) is 5.11 Å². The van der Waals surface area contributed by atoms with Gasteiger partial charge in [-0.2, -0.15) is 0 Å². The monoisotopic (exact) mass is 392 g/mol. The van der Waals surface area contributed by atoms with Crippen LogP contribution in [0.3, 0.4) is 0 Å².